The van der Waals surface area contributed by atoms with E-state index in [1.54, 1.807) is 43.0 Å². The van der Waals surface area contributed by atoms with E-state index in [1.807, 2.05) is 31.2 Å². The number of thioether (sulfide) groups is 1. The molecule has 0 aliphatic rings. The molecule has 2 N–H and O–H groups in total. The smallest absolute Gasteiger partial charge is 0.262 e. The lowest BCUT2D eigenvalue weighted by Crippen LogP contribution is -2.26. The largest absolute Gasteiger partial charge is 0.351 e. The Balaban J connectivity index is 1.59. The van der Waals surface area contributed by atoms with Gasteiger partial charge in [0.2, 0.25) is 0 Å². The van der Waals surface area contributed by atoms with Crippen LogP contribution in [-0.4, -0.2) is 26.6 Å². The molecule has 168 valence electrons. The number of benzene rings is 3. The number of anilines is 1. The minimum absolute atomic E-state index is 0.0969. The Morgan fingerprint density at radius 2 is 1.62 bits per heavy atom. The first kappa shape index (κ1) is 23.9. The lowest BCUT2D eigenvalue weighted by Gasteiger charge is -2.12. The summed E-state index contributed by atoms with van der Waals surface area (Å²) in [6.45, 7) is 6.25. The molecule has 3 aromatic carbocycles. The third kappa shape index (κ3) is 6.37. The summed E-state index contributed by atoms with van der Waals surface area (Å²) in [4.78, 5) is 12.7. The summed E-state index contributed by atoms with van der Waals surface area (Å²) < 4.78 is 28.4. The van der Waals surface area contributed by atoms with Crippen molar-refractivity contribution in [1.29, 1.82) is 0 Å². The van der Waals surface area contributed by atoms with E-state index < -0.39 is 10.0 Å². The molecule has 0 heterocycles. The van der Waals surface area contributed by atoms with Crippen LogP contribution in [0.1, 0.15) is 32.6 Å². The first-order valence-electron chi connectivity index (χ1n) is 10.4. The molecule has 0 radical (unpaired) electrons. The zero-order valence-corrected chi connectivity index (χ0v) is 20.1. The zero-order chi connectivity index (χ0) is 23.1. The molecule has 0 saturated carbocycles. The van der Waals surface area contributed by atoms with E-state index in [1.165, 1.54) is 17.2 Å². The van der Waals surface area contributed by atoms with Gasteiger partial charge in [0.1, 0.15) is 0 Å². The molecule has 0 spiro atoms. The molecule has 0 bridgehead atoms. The summed E-state index contributed by atoms with van der Waals surface area (Å²) in [5.41, 5.74) is 4.98. The van der Waals surface area contributed by atoms with Gasteiger partial charge in [-0.25, -0.2) is 8.42 Å². The van der Waals surface area contributed by atoms with Crippen LogP contribution in [0.15, 0.2) is 71.6 Å². The van der Waals surface area contributed by atoms with Crippen LogP contribution in [0.4, 0.5) is 5.69 Å². The van der Waals surface area contributed by atoms with E-state index in [0.29, 0.717) is 23.4 Å². The highest BCUT2D eigenvalue weighted by Crippen LogP contribution is 2.21. The van der Waals surface area contributed by atoms with Crippen molar-refractivity contribution in [3.05, 3.63) is 94.5 Å². The Kier molecular flexibility index (Phi) is 7.99. The van der Waals surface area contributed by atoms with Gasteiger partial charge in [-0.15, -0.1) is 0 Å². The molecule has 1 amide bonds. The topological polar surface area (TPSA) is 75.3 Å². The minimum atomic E-state index is -3.81. The number of sulfonamides is 1. The van der Waals surface area contributed by atoms with E-state index >= 15 is 0 Å². The van der Waals surface area contributed by atoms with Gasteiger partial charge in [-0.2, -0.15) is 11.8 Å². The summed E-state index contributed by atoms with van der Waals surface area (Å²) in [5, 5.41) is 2.88. The fourth-order valence-corrected chi connectivity index (χ4v) is 5.42. The van der Waals surface area contributed by atoms with Gasteiger partial charge in [0.05, 0.1) is 4.90 Å². The molecule has 0 aliphatic carbocycles. The summed E-state index contributed by atoms with van der Waals surface area (Å²) in [7, 11) is -3.81. The monoisotopic (exact) mass is 468 g/mol. The highest BCUT2D eigenvalue weighted by molar-refractivity contribution is 7.98. The Bertz CT molecular complexity index is 1190. The number of amides is 1. The zero-order valence-electron chi connectivity index (χ0n) is 18.5. The Morgan fingerprint density at radius 3 is 2.34 bits per heavy atom. The molecule has 0 unspecified atom stereocenters. The van der Waals surface area contributed by atoms with Gasteiger partial charge in [-0.05, 0) is 61.7 Å². The van der Waals surface area contributed by atoms with Crippen molar-refractivity contribution in [2.45, 2.75) is 31.4 Å². The lowest BCUT2D eigenvalue weighted by atomic mass is 10.1. The molecule has 7 heteroatoms. The normalized spacial score (nSPS) is 11.2. The molecule has 32 heavy (non-hydrogen) atoms. The van der Waals surface area contributed by atoms with Gasteiger partial charge in [-0.3, -0.25) is 9.52 Å². The third-order valence-corrected chi connectivity index (χ3v) is 7.63. The second-order valence-electron chi connectivity index (χ2n) is 7.69. The van der Waals surface area contributed by atoms with Crippen molar-refractivity contribution in [3.63, 3.8) is 0 Å². The summed E-state index contributed by atoms with van der Waals surface area (Å²) >= 11 is 1.75. The van der Waals surface area contributed by atoms with E-state index in [-0.39, 0.29) is 10.8 Å². The second kappa shape index (κ2) is 10.7. The highest BCUT2D eigenvalue weighted by Gasteiger charge is 2.19. The van der Waals surface area contributed by atoms with Crippen LogP contribution >= 0.6 is 11.8 Å². The van der Waals surface area contributed by atoms with E-state index in [2.05, 4.69) is 29.1 Å². The van der Waals surface area contributed by atoms with Crippen molar-refractivity contribution < 1.29 is 13.2 Å². The number of hydrogen-bond donors (Lipinski definition) is 2. The van der Waals surface area contributed by atoms with Gasteiger partial charge >= 0.3 is 0 Å². The summed E-state index contributed by atoms with van der Waals surface area (Å²) in [5.74, 6) is 1.37. The first-order valence-corrected chi connectivity index (χ1v) is 13.0. The van der Waals surface area contributed by atoms with Crippen LogP contribution < -0.4 is 10.0 Å². The maximum atomic E-state index is 12.9. The maximum absolute atomic E-state index is 12.9. The van der Waals surface area contributed by atoms with Crippen molar-refractivity contribution in [2.75, 3.05) is 17.0 Å². The molecule has 0 fully saturated rings. The first-order chi connectivity index (χ1) is 15.3. The van der Waals surface area contributed by atoms with Crippen LogP contribution in [0.3, 0.4) is 0 Å². The molecule has 0 aliphatic heterocycles. The van der Waals surface area contributed by atoms with Crippen molar-refractivity contribution in [1.82, 2.24) is 5.32 Å². The Morgan fingerprint density at radius 1 is 0.906 bits per heavy atom. The predicted octanol–water partition coefficient (Wildman–Crippen LogP) is 5.08. The number of nitrogens with one attached hydrogen (secondary N) is 2. The average Bonchev–Trinajstić information content (AvgIpc) is 2.76. The molecule has 0 saturated heterocycles. The number of aryl methyl sites for hydroxylation is 3. The van der Waals surface area contributed by atoms with Gasteiger partial charge < -0.3 is 5.32 Å². The lowest BCUT2D eigenvalue weighted by molar-refractivity contribution is 0.0956. The van der Waals surface area contributed by atoms with Crippen LogP contribution in [0, 0.1) is 20.8 Å². The molecule has 3 rings (SSSR count). The van der Waals surface area contributed by atoms with Crippen LogP contribution in [-0.2, 0) is 15.8 Å². The third-order valence-electron chi connectivity index (χ3n) is 5.09. The Hall–Kier alpha value is -2.77. The highest BCUT2D eigenvalue weighted by atomic mass is 32.2. The van der Waals surface area contributed by atoms with Crippen LogP contribution in [0.5, 0.6) is 0 Å². The number of hydrogen-bond acceptors (Lipinski definition) is 4. The molecule has 0 atom stereocenters. The predicted molar refractivity (Wildman–Crippen MR) is 133 cm³/mol. The van der Waals surface area contributed by atoms with E-state index in [9.17, 15) is 13.2 Å². The molecule has 0 aromatic heterocycles. The van der Waals surface area contributed by atoms with Gasteiger partial charge in [-0.1, -0.05) is 48.0 Å². The van der Waals surface area contributed by atoms with E-state index in [4.69, 9.17) is 0 Å². The number of carbonyl (C=O) groups is 1. The molecule has 5 nitrogen and oxygen atoms in total. The SMILES string of the molecule is Cc1ccc(NS(=O)(=O)c2cc(C(=O)NCCSCc3ccccc3C)ccc2C)cc1. The Labute approximate surface area is 194 Å². The fourth-order valence-electron chi connectivity index (χ4n) is 3.16. The quantitative estimate of drug-likeness (QED) is 0.430. The molecular weight excluding hydrogens is 440 g/mol. The minimum Gasteiger partial charge on any atom is -0.351 e. The summed E-state index contributed by atoms with van der Waals surface area (Å²) in [6, 6.07) is 20.1. The summed E-state index contributed by atoms with van der Waals surface area (Å²) in [6.07, 6.45) is 0. The molecular formula is C25H28N2O3S2. The number of carbonyl (C=O) groups excluding carboxylic acids is 1. The van der Waals surface area contributed by atoms with Crippen LogP contribution in [0.2, 0.25) is 0 Å². The number of rotatable bonds is 9. The van der Waals surface area contributed by atoms with Crippen molar-refractivity contribution in [2.24, 2.45) is 0 Å². The van der Waals surface area contributed by atoms with Gasteiger partial charge in [0.25, 0.3) is 15.9 Å². The second-order valence-corrected chi connectivity index (χ2v) is 10.4. The van der Waals surface area contributed by atoms with Crippen molar-refractivity contribution >= 4 is 33.4 Å². The fraction of sp³-hybridized carbons (Fsp3) is 0.240. The van der Waals surface area contributed by atoms with Crippen molar-refractivity contribution in [3.8, 4) is 0 Å². The molecule has 3 aromatic rings. The van der Waals surface area contributed by atoms with Crippen LogP contribution in [0.25, 0.3) is 0 Å². The van der Waals surface area contributed by atoms with E-state index in [0.717, 1.165) is 17.1 Å². The van der Waals surface area contributed by atoms with Gasteiger partial charge in [0, 0.05) is 29.3 Å². The standard InChI is InChI=1S/C25H28N2O3S2/c1-18-8-12-23(13-9-18)27-32(29,30)24-16-21(11-10-20(24)3)25(28)26-14-15-31-17-22-7-5-4-6-19(22)2/h4-13,16,27H,14-15,17H2,1-3H3,(H,26,28). The van der Waals surface area contributed by atoms with Gasteiger partial charge in [0.15, 0.2) is 0 Å². The average molecular weight is 469 g/mol. The maximum Gasteiger partial charge on any atom is 0.262 e.